The number of aldehydes is 1. The van der Waals surface area contributed by atoms with Crippen LogP contribution in [0.3, 0.4) is 0 Å². The third-order valence-corrected chi connectivity index (χ3v) is 2.49. The van der Waals surface area contributed by atoms with Crippen molar-refractivity contribution in [3.63, 3.8) is 0 Å². The van der Waals surface area contributed by atoms with E-state index in [1.165, 1.54) is 12.3 Å². The average Bonchev–Trinajstić information content (AvgIpc) is 2.69. The molecule has 1 heterocycles. The molecule has 15 heavy (non-hydrogen) atoms. The lowest BCUT2D eigenvalue weighted by atomic mass is 10.1. The van der Waals surface area contributed by atoms with Crippen molar-refractivity contribution in [2.24, 2.45) is 0 Å². The zero-order chi connectivity index (χ0) is 10.8. The van der Waals surface area contributed by atoms with Gasteiger partial charge in [-0.2, -0.15) is 5.10 Å². The first-order chi connectivity index (χ1) is 7.22. The van der Waals surface area contributed by atoms with E-state index in [1.54, 1.807) is 12.1 Å². The molecule has 0 bridgehead atoms. The Hall–Kier alpha value is -1.49. The molecule has 0 radical (unpaired) electrons. The summed E-state index contributed by atoms with van der Waals surface area (Å²) < 4.78 is 14.2. The molecule has 3 nitrogen and oxygen atoms in total. The number of carbonyl (C=O) groups is 1. The minimum Gasteiger partial charge on any atom is -0.298 e. The summed E-state index contributed by atoms with van der Waals surface area (Å²) in [4.78, 5) is 10.7. The van der Waals surface area contributed by atoms with Crippen LogP contribution in [0.2, 0.25) is 0 Å². The summed E-state index contributed by atoms with van der Waals surface area (Å²) in [5.41, 5.74) is 1.06. The van der Waals surface area contributed by atoms with Crippen LogP contribution in [0, 0.1) is 5.82 Å². The average molecular weight is 269 g/mol. The monoisotopic (exact) mass is 268 g/mol. The highest BCUT2D eigenvalue weighted by Crippen LogP contribution is 2.26. The third-order valence-electron chi connectivity index (χ3n) is 1.99. The van der Waals surface area contributed by atoms with Crippen LogP contribution >= 0.6 is 15.9 Å². The number of halogens is 2. The van der Waals surface area contributed by atoms with Crippen LogP contribution in [-0.2, 0) is 0 Å². The number of rotatable bonds is 2. The minimum absolute atomic E-state index is 0.323. The Kier molecular flexibility index (Phi) is 2.64. The molecule has 0 atom stereocenters. The normalized spacial score (nSPS) is 10.3. The van der Waals surface area contributed by atoms with Gasteiger partial charge in [0.25, 0.3) is 0 Å². The maximum absolute atomic E-state index is 13.5. The molecule has 0 spiro atoms. The van der Waals surface area contributed by atoms with Gasteiger partial charge in [0.1, 0.15) is 5.82 Å². The number of nitrogens with zero attached hydrogens (tertiary/aromatic N) is 1. The first kappa shape index (κ1) is 10.0. The molecule has 0 aliphatic heterocycles. The smallest absolute Gasteiger partial charge is 0.153 e. The number of benzene rings is 1. The molecule has 2 aromatic rings. The third kappa shape index (κ3) is 1.83. The number of hydrogen-bond acceptors (Lipinski definition) is 2. The summed E-state index contributed by atoms with van der Waals surface area (Å²) in [6.07, 6.45) is 2.00. The molecule has 0 saturated carbocycles. The Labute approximate surface area is 93.4 Å². The minimum atomic E-state index is -0.398. The van der Waals surface area contributed by atoms with Gasteiger partial charge in [-0.15, -0.1) is 0 Å². The lowest BCUT2D eigenvalue weighted by Crippen LogP contribution is -1.88. The quantitative estimate of drug-likeness (QED) is 0.852. The fraction of sp³-hybridized carbons (Fsp3) is 0. The van der Waals surface area contributed by atoms with Crippen molar-refractivity contribution >= 4 is 22.2 Å². The van der Waals surface area contributed by atoms with E-state index in [-0.39, 0.29) is 0 Å². The number of aromatic nitrogens is 2. The van der Waals surface area contributed by atoms with Crippen LogP contribution in [0.1, 0.15) is 10.4 Å². The predicted octanol–water partition coefficient (Wildman–Crippen LogP) is 2.79. The molecule has 0 saturated heterocycles. The maximum Gasteiger partial charge on any atom is 0.153 e. The van der Waals surface area contributed by atoms with Crippen molar-refractivity contribution in [1.82, 2.24) is 10.2 Å². The van der Waals surface area contributed by atoms with Gasteiger partial charge in [0, 0.05) is 10.0 Å². The van der Waals surface area contributed by atoms with Gasteiger partial charge in [-0.05, 0) is 18.2 Å². The fourth-order valence-electron chi connectivity index (χ4n) is 1.29. The molecule has 0 aliphatic carbocycles. The van der Waals surface area contributed by atoms with Crippen molar-refractivity contribution in [2.45, 2.75) is 0 Å². The molecule has 1 N–H and O–H groups in total. The number of H-pyrrole nitrogens is 1. The Morgan fingerprint density at radius 2 is 2.27 bits per heavy atom. The topological polar surface area (TPSA) is 45.8 Å². The van der Waals surface area contributed by atoms with Crippen LogP contribution in [0.4, 0.5) is 4.39 Å². The summed E-state index contributed by atoms with van der Waals surface area (Å²) >= 11 is 3.24. The Morgan fingerprint density at radius 1 is 1.47 bits per heavy atom. The second-order valence-corrected chi connectivity index (χ2v) is 3.86. The molecule has 0 unspecified atom stereocenters. The molecule has 2 rings (SSSR count). The van der Waals surface area contributed by atoms with E-state index >= 15 is 0 Å². The molecule has 1 aromatic carbocycles. The fourth-order valence-corrected chi connectivity index (χ4v) is 1.65. The van der Waals surface area contributed by atoms with Crippen molar-refractivity contribution in [3.8, 4) is 11.3 Å². The summed E-state index contributed by atoms with van der Waals surface area (Å²) in [7, 11) is 0. The number of aromatic amines is 1. The molecule has 0 amide bonds. The summed E-state index contributed by atoms with van der Waals surface area (Å²) in [5, 5.41) is 6.30. The van der Waals surface area contributed by atoms with Gasteiger partial charge >= 0.3 is 0 Å². The van der Waals surface area contributed by atoms with Crippen molar-refractivity contribution < 1.29 is 9.18 Å². The van der Waals surface area contributed by atoms with E-state index in [4.69, 9.17) is 0 Å². The van der Waals surface area contributed by atoms with Crippen LogP contribution in [0.15, 0.2) is 28.9 Å². The molecular formula is C10H6BrFN2O. The highest BCUT2D eigenvalue weighted by molar-refractivity contribution is 9.10. The highest BCUT2D eigenvalue weighted by Gasteiger charge is 2.11. The second-order valence-electron chi connectivity index (χ2n) is 2.94. The SMILES string of the molecule is O=Cc1cn[nH]c1-c1cc(Br)ccc1F. The first-order valence-electron chi connectivity index (χ1n) is 4.16. The van der Waals surface area contributed by atoms with Crippen LogP contribution in [0.25, 0.3) is 11.3 Å². The zero-order valence-electron chi connectivity index (χ0n) is 7.50. The van der Waals surface area contributed by atoms with E-state index < -0.39 is 5.82 Å². The number of carbonyl (C=O) groups excluding carboxylic acids is 1. The lowest BCUT2D eigenvalue weighted by Gasteiger charge is -2.01. The van der Waals surface area contributed by atoms with Gasteiger partial charge in [-0.3, -0.25) is 9.89 Å². The van der Waals surface area contributed by atoms with Crippen molar-refractivity contribution in [1.29, 1.82) is 0 Å². The Morgan fingerprint density at radius 3 is 3.00 bits per heavy atom. The molecule has 0 fully saturated rings. The summed E-state index contributed by atoms with van der Waals surface area (Å²) in [6.45, 7) is 0. The Balaban J connectivity index is 2.62. The van der Waals surface area contributed by atoms with Gasteiger partial charge in [0.05, 0.1) is 17.5 Å². The van der Waals surface area contributed by atoms with Crippen LogP contribution in [0.5, 0.6) is 0 Å². The van der Waals surface area contributed by atoms with Crippen LogP contribution < -0.4 is 0 Å². The predicted molar refractivity (Wildman–Crippen MR) is 57.1 cm³/mol. The van der Waals surface area contributed by atoms with E-state index in [9.17, 15) is 9.18 Å². The first-order valence-corrected chi connectivity index (χ1v) is 4.95. The largest absolute Gasteiger partial charge is 0.298 e. The van der Waals surface area contributed by atoms with E-state index in [2.05, 4.69) is 26.1 Å². The molecule has 1 aromatic heterocycles. The number of nitrogens with one attached hydrogen (secondary N) is 1. The van der Waals surface area contributed by atoms with Gasteiger partial charge in [-0.1, -0.05) is 15.9 Å². The lowest BCUT2D eigenvalue weighted by molar-refractivity contribution is 0.112. The molecule has 0 aliphatic rings. The molecular weight excluding hydrogens is 263 g/mol. The van der Waals surface area contributed by atoms with Crippen molar-refractivity contribution in [2.75, 3.05) is 0 Å². The van der Waals surface area contributed by atoms with Gasteiger partial charge in [0.15, 0.2) is 6.29 Å². The van der Waals surface area contributed by atoms with E-state index in [1.807, 2.05) is 0 Å². The van der Waals surface area contributed by atoms with Gasteiger partial charge in [0.2, 0.25) is 0 Å². The highest BCUT2D eigenvalue weighted by atomic mass is 79.9. The Bertz CT molecular complexity index is 510. The van der Waals surface area contributed by atoms with Crippen molar-refractivity contribution in [3.05, 3.63) is 40.2 Å². The maximum atomic E-state index is 13.5. The molecule has 5 heteroatoms. The molecule has 76 valence electrons. The number of hydrogen-bond donors (Lipinski definition) is 1. The van der Waals surface area contributed by atoms with E-state index in [0.29, 0.717) is 23.1 Å². The standard InChI is InChI=1S/C10H6BrFN2O/c11-7-1-2-9(12)8(3-7)10-6(5-15)4-13-14-10/h1-5H,(H,13,14). The van der Waals surface area contributed by atoms with Gasteiger partial charge < -0.3 is 0 Å². The second kappa shape index (κ2) is 3.94. The van der Waals surface area contributed by atoms with Crippen LogP contribution in [-0.4, -0.2) is 16.5 Å². The zero-order valence-corrected chi connectivity index (χ0v) is 9.08. The van der Waals surface area contributed by atoms with Gasteiger partial charge in [-0.25, -0.2) is 4.39 Å². The van der Waals surface area contributed by atoms with E-state index in [0.717, 1.165) is 4.47 Å². The summed E-state index contributed by atoms with van der Waals surface area (Å²) in [6, 6.07) is 4.51. The summed E-state index contributed by atoms with van der Waals surface area (Å²) in [5.74, 6) is -0.398.